The van der Waals surface area contributed by atoms with E-state index in [9.17, 15) is 0 Å². The summed E-state index contributed by atoms with van der Waals surface area (Å²) in [6.07, 6.45) is 2.08. The van der Waals surface area contributed by atoms with Crippen molar-refractivity contribution in [1.29, 1.82) is 0 Å². The summed E-state index contributed by atoms with van der Waals surface area (Å²) < 4.78 is 2.05. The first kappa shape index (κ1) is 9.47. The molecule has 0 amide bonds. The summed E-state index contributed by atoms with van der Waals surface area (Å²) in [5.41, 5.74) is 0.226. The molecule has 2 heteroatoms. The lowest BCUT2D eigenvalue weighted by molar-refractivity contribution is -0.464. The maximum Gasteiger partial charge on any atom is 0.233 e. The van der Waals surface area contributed by atoms with Gasteiger partial charge in [0.15, 0.2) is 0 Å². The molecule has 0 atom stereocenters. The molecule has 0 spiro atoms. The second-order valence-electron chi connectivity index (χ2n) is 3.86. The number of rotatable bonds is 1. The van der Waals surface area contributed by atoms with Gasteiger partial charge in [0.05, 0.1) is 26.7 Å². The Morgan fingerprint density at radius 3 is 1.70 bits per heavy atom. The van der Waals surface area contributed by atoms with Crippen LogP contribution in [0.4, 0.5) is 0 Å². The largest absolute Gasteiger partial charge is 0.274 e. The van der Waals surface area contributed by atoms with E-state index in [1.165, 1.54) is 0 Å². The SMILES string of the molecule is CN(C=[N+](C)C)C(C)(C)C. The smallest absolute Gasteiger partial charge is 0.233 e. The summed E-state index contributed by atoms with van der Waals surface area (Å²) in [6, 6.07) is 0. The van der Waals surface area contributed by atoms with Crippen LogP contribution in [-0.4, -0.2) is 42.5 Å². The van der Waals surface area contributed by atoms with Crippen LogP contribution in [0.2, 0.25) is 0 Å². The minimum Gasteiger partial charge on any atom is -0.274 e. The Balaban J connectivity index is 4.11. The molecule has 0 rings (SSSR count). The third-order valence-corrected chi connectivity index (χ3v) is 1.46. The molecular weight excluding hydrogens is 124 g/mol. The highest BCUT2D eigenvalue weighted by Crippen LogP contribution is 2.06. The predicted octanol–water partition coefficient (Wildman–Crippen LogP) is 1.02. The van der Waals surface area contributed by atoms with Crippen molar-refractivity contribution in [3.8, 4) is 0 Å². The number of hydrogen-bond acceptors (Lipinski definition) is 0. The normalized spacial score (nSPS) is 11.0. The molecule has 0 aliphatic rings. The minimum atomic E-state index is 0.226. The van der Waals surface area contributed by atoms with Gasteiger partial charge in [0.1, 0.15) is 0 Å². The van der Waals surface area contributed by atoms with Gasteiger partial charge >= 0.3 is 0 Å². The van der Waals surface area contributed by atoms with E-state index in [0.717, 1.165) is 0 Å². The Kier molecular flexibility index (Phi) is 2.88. The zero-order valence-corrected chi connectivity index (χ0v) is 7.97. The lowest BCUT2D eigenvalue weighted by Gasteiger charge is -2.23. The first-order valence-corrected chi connectivity index (χ1v) is 3.58. The van der Waals surface area contributed by atoms with Crippen molar-refractivity contribution in [1.82, 2.24) is 4.90 Å². The molecule has 0 fully saturated rings. The van der Waals surface area contributed by atoms with Crippen molar-refractivity contribution >= 4 is 6.34 Å². The molecule has 0 radical (unpaired) electrons. The Bertz CT molecular complexity index is 127. The van der Waals surface area contributed by atoms with Gasteiger partial charge in [0.2, 0.25) is 6.34 Å². The number of hydrogen-bond donors (Lipinski definition) is 0. The molecule has 0 bridgehead atoms. The summed E-state index contributed by atoms with van der Waals surface area (Å²) >= 11 is 0. The van der Waals surface area contributed by atoms with Crippen LogP contribution < -0.4 is 0 Å². The third kappa shape index (κ3) is 3.49. The van der Waals surface area contributed by atoms with Crippen LogP contribution in [-0.2, 0) is 0 Å². The molecule has 0 saturated carbocycles. The summed E-state index contributed by atoms with van der Waals surface area (Å²) in [5, 5.41) is 0. The van der Waals surface area contributed by atoms with Gasteiger partial charge in [-0.1, -0.05) is 0 Å². The van der Waals surface area contributed by atoms with E-state index >= 15 is 0 Å². The van der Waals surface area contributed by atoms with E-state index in [2.05, 4.69) is 39.1 Å². The zero-order chi connectivity index (χ0) is 8.36. The average molecular weight is 143 g/mol. The third-order valence-electron chi connectivity index (χ3n) is 1.46. The van der Waals surface area contributed by atoms with E-state index in [4.69, 9.17) is 0 Å². The van der Waals surface area contributed by atoms with E-state index in [1.54, 1.807) is 0 Å². The van der Waals surface area contributed by atoms with Crippen LogP contribution in [0.3, 0.4) is 0 Å². The maximum atomic E-state index is 2.19. The molecule has 0 aromatic rings. The van der Waals surface area contributed by atoms with E-state index in [1.807, 2.05) is 18.7 Å². The van der Waals surface area contributed by atoms with Crippen LogP contribution in [0.1, 0.15) is 20.8 Å². The molecule has 0 aromatic heterocycles. The van der Waals surface area contributed by atoms with Gasteiger partial charge in [-0.2, -0.15) is 0 Å². The Morgan fingerprint density at radius 2 is 1.60 bits per heavy atom. The van der Waals surface area contributed by atoms with Crippen LogP contribution in [0.15, 0.2) is 0 Å². The molecule has 0 aliphatic heterocycles. The topological polar surface area (TPSA) is 6.25 Å². The lowest BCUT2D eigenvalue weighted by Crippen LogP contribution is -2.38. The van der Waals surface area contributed by atoms with Gasteiger partial charge in [-0.3, -0.25) is 9.48 Å². The quantitative estimate of drug-likeness (QED) is 0.302. The molecule has 0 heterocycles. The van der Waals surface area contributed by atoms with Crippen LogP contribution in [0, 0.1) is 0 Å². The summed E-state index contributed by atoms with van der Waals surface area (Å²) in [6.45, 7) is 6.56. The van der Waals surface area contributed by atoms with Crippen molar-refractivity contribution < 1.29 is 4.58 Å². The van der Waals surface area contributed by atoms with Gasteiger partial charge in [0, 0.05) is 0 Å². The van der Waals surface area contributed by atoms with Crippen LogP contribution >= 0.6 is 0 Å². The molecule has 0 saturated heterocycles. The highest BCUT2D eigenvalue weighted by Gasteiger charge is 2.19. The molecule has 10 heavy (non-hydrogen) atoms. The molecule has 2 nitrogen and oxygen atoms in total. The van der Waals surface area contributed by atoms with Crippen molar-refractivity contribution in [2.75, 3.05) is 21.1 Å². The molecule has 0 aromatic carbocycles. The fraction of sp³-hybridized carbons (Fsp3) is 0.875. The van der Waals surface area contributed by atoms with E-state index < -0.39 is 0 Å². The molecule has 0 N–H and O–H groups in total. The van der Waals surface area contributed by atoms with Gasteiger partial charge in [0.25, 0.3) is 0 Å². The predicted molar refractivity (Wildman–Crippen MR) is 45.7 cm³/mol. The molecular formula is C8H19N2+. The van der Waals surface area contributed by atoms with Gasteiger partial charge in [-0.15, -0.1) is 0 Å². The summed E-state index contributed by atoms with van der Waals surface area (Å²) in [5.74, 6) is 0. The van der Waals surface area contributed by atoms with Gasteiger partial charge in [-0.05, 0) is 20.8 Å². The number of nitrogens with zero attached hydrogens (tertiary/aromatic N) is 2. The molecule has 0 aliphatic carbocycles. The zero-order valence-electron chi connectivity index (χ0n) is 7.97. The van der Waals surface area contributed by atoms with Crippen molar-refractivity contribution in [2.24, 2.45) is 0 Å². The maximum absolute atomic E-state index is 2.19. The van der Waals surface area contributed by atoms with Gasteiger partial charge < -0.3 is 0 Å². The molecule has 0 unspecified atom stereocenters. The fourth-order valence-electron chi connectivity index (χ4n) is 0.520. The highest BCUT2D eigenvalue weighted by atomic mass is 15.2. The van der Waals surface area contributed by atoms with E-state index in [-0.39, 0.29) is 5.54 Å². The van der Waals surface area contributed by atoms with Crippen LogP contribution in [0.5, 0.6) is 0 Å². The van der Waals surface area contributed by atoms with E-state index in [0.29, 0.717) is 0 Å². The second kappa shape index (κ2) is 3.04. The lowest BCUT2D eigenvalue weighted by atomic mass is 10.1. The Labute approximate surface area is 64.2 Å². The highest BCUT2D eigenvalue weighted by molar-refractivity contribution is 5.49. The fourth-order valence-corrected chi connectivity index (χ4v) is 0.520. The first-order chi connectivity index (χ1) is 4.34. The van der Waals surface area contributed by atoms with Gasteiger partial charge in [-0.25, -0.2) is 0 Å². The summed E-state index contributed by atoms with van der Waals surface area (Å²) in [7, 11) is 6.14. The van der Waals surface area contributed by atoms with Crippen LogP contribution in [0.25, 0.3) is 0 Å². The average Bonchev–Trinajstić information content (AvgIpc) is 1.60. The molecule has 60 valence electrons. The summed E-state index contributed by atoms with van der Waals surface area (Å²) in [4.78, 5) is 2.19. The monoisotopic (exact) mass is 143 g/mol. The first-order valence-electron chi connectivity index (χ1n) is 3.58. The van der Waals surface area contributed by atoms with Crippen molar-refractivity contribution in [2.45, 2.75) is 26.3 Å². The Hall–Kier alpha value is -0.530. The standard InChI is InChI=1S/C8H19N2/c1-8(2,3)10(6)7-9(4)5/h7H,1-6H3/q+1. The second-order valence-corrected chi connectivity index (χ2v) is 3.86. The van der Waals surface area contributed by atoms with Crippen molar-refractivity contribution in [3.63, 3.8) is 0 Å². The Morgan fingerprint density at radius 1 is 1.20 bits per heavy atom. The minimum absolute atomic E-state index is 0.226. The van der Waals surface area contributed by atoms with Crippen molar-refractivity contribution in [3.05, 3.63) is 0 Å².